The van der Waals surface area contributed by atoms with E-state index in [-0.39, 0.29) is 0 Å². The van der Waals surface area contributed by atoms with Crippen LogP contribution in [0.2, 0.25) is 0 Å². The molecule has 0 heterocycles. The molecule has 2 aromatic carbocycles. The Morgan fingerprint density at radius 3 is 1.28 bits per heavy atom. The van der Waals surface area contributed by atoms with Crippen molar-refractivity contribution < 1.29 is 30.0 Å². The summed E-state index contributed by atoms with van der Waals surface area (Å²) >= 11 is 0. The first-order valence-electron chi connectivity index (χ1n) is 9.65. The van der Waals surface area contributed by atoms with Crippen molar-refractivity contribution in [1.82, 2.24) is 0 Å². The smallest absolute Gasteiger partial charge is 0.335 e. The molecule has 0 amide bonds. The first kappa shape index (κ1) is 26.3. The lowest BCUT2D eigenvalue weighted by molar-refractivity contribution is -0.0778. The number of carbonyl (C=O) groups is 2. The maximum absolute atomic E-state index is 10.2. The highest BCUT2D eigenvalue weighted by Gasteiger charge is 2.30. The van der Waals surface area contributed by atoms with Gasteiger partial charge in [-0.25, -0.2) is 9.59 Å². The highest BCUT2D eigenvalue weighted by molar-refractivity contribution is 5.87. The zero-order valence-corrected chi connectivity index (χ0v) is 17.3. The molecule has 1 unspecified atom stereocenters. The molecule has 0 aliphatic carbocycles. The number of aliphatic hydroxyl groups excluding tert-OH is 1. The van der Waals surface area contributed by atoms with Gasteiger partial charge in [-0.3, -0.25) is 0 Å². The summed E-state index contributed by atoms with van der Waals surface area (Å²) in [6.45, 7) is 5.69. The molecule has 0 saturated heterocycles. The molecule has 29 heavy (non-hydrogen) atoms. The van der Waals surface area contributed by atoms with E-state index in [0.29, 0.717) is 24.0 Å². The van der Waals surface area contributed by atoms with Crippen LogP contribution in [0.5, 0.6) is 0 Å². The van der Waals surface area contributed by atoms with Crippen LogP contribution in [0.25, 0.3) is 0 Å². The molecule has 1 atom stereocenters. The van der Waals surface area contributed by atoms with Gasteiger partial charge in [0.2, 0.25) is 0 Å². The van der Waals surface area contributed by atoms with Crippen LogP contribution < -0.4 is 0 Å². The summed E-state index contributed by atoms with van der Waals surface area (Å²) < 4.78 is 0. The SMILES string of the molecule is CCCC(O)(CCC)C(C)O.O=C(O)c1ccccc1.O=C(O)c1ccccc1. The lowest BCUT2D eigenvalue weighted by Crippen LogP contribution is -2.40. The summed E-state index contributed by atoms with van der Waals surface area (Å²) in [5.41, 5.74) is -0.182. The number of aliphatic hydroxyl groups is 2. The van der Waals surface area contributed by atoms with Crippen molar-refractivity contribution in [2.75, 3.05) is 0 Å². The van der Waals surface area contributed by atoms with E-state index in [1.54, 1.807) is 67.6 Å². The van der Waals surface area contributed by atoms with E-state index in [0.717, 1.165) is 12.8 Å². The Morgan fingerprint density at radius 1 is 0.793 bits per heavy atom. The third-order valence-corrected chi connectivity index (χ3v) is 4.18. The van der Waals surface area contributed by atoms with Gasteiger partial charge in [-0.05, 0) is 44.0 Å². The van der Waals surface area contributed by atoms with Gasteiger partial charge in [-0.1, -0.05) is 63.1 Å². The van der Waals surface area contributed by atoms with E-state index in [1.165, 1.54) is 0 Å². The fourth-order valence-electron chi connectivity index (χ4n) is 2.57. The van der Waals surface area contributed by atoms with Crippen molar-refractivity contribution in [2.24, 2.45) is 0 Å². The predicted molar refractivity (Wildman–Crippen MR) is 113 cm³/mol. The number of benzene rings is 2. The van der Waals surface area contributed by atoms with Crippen LogP contribution in [0.1, 0.15) is 67.2 Å². The molecule has 160 valence electrons. The summed E-state index contributed by atoms with van der Waals surface area (Å²) in [7, 11) is 0. The predicted octanol–water partition coefficient (Wildman–Crippen LogP) is 4.47. The second-order valence-electron chi connectivity index (χ2n) is 6.62. The van der Waals surface area contributed by atoms with Crippen LogP contribution >= 0.6 is 0 Å². The van der Waals surface area contributed by atoms with Gasteiger partial charge in [0, 0.05) is 0 Å². The Hall–Kier alpha value is -2.70. The molecule has 2 aromatic rings. The Bertz CT molecular complexity index is 642. The Kier molecular flexibility index (Phi) is 13.0. The number of carboxylic acid groups (broad SMARTS) is 2. The van der Waals surface area contributed by atoms with E-state index >= 15 is 0 Å². The molecule has 4 N–H and O–H groups in total. The zero-order chi connectivity index (χ0) is 22.3. The molecular formula is C23H32O6. The molecule has 0 aliphatic rings. The van der Waals surface area contributed by atoms with Crippen LogP contribution in [0.15, 0.2) is 60.7 Å². The van der Waals surface area contributed by atoms with E-state index in [2.05, 4.69) is 0 Å². The monoisotopic (exact) mass is 404 g/mol. The molecule has 0 aliphatic heterocycles. The van der Waals surface area contributed by atoms with Gasteiger partial charge in [-0.15, -0.1) is 0 Å². The summed E-state index contributed by atoms with van der Waals surface area (Å²) in [6.07, 6.45) is 2.61. The maximum atomic E-state index is 10.2. The van der Waals surface area contributed by atoms with Crippen LogP contribution in [-0.2, 0) is 0 Å². The second-order valence-corrected chi connectivity index (χ2v) is 6.62. The highest BCUT2D eigenvalue weighted by atomic mass is 16.4. The Labute approximate surface area is 172 Å². The summed E-state index contributed by atoms with van der Waals surface area (Å²) in [5.74, 6) is -1.76. The normalized spacial score (nSPS) is 11.2. The van der Waals surface area contributed by atoms with Gasteiger partial charge >= 0.3 is 11.9 Å². The van der Waals surface area contributed by atoms with Crippen molar-refractivity contribution in [3.05, 3.63) is 71.8 Å². The summed E-state index contributed by atoms with van der Waals surface area (Å²) in [6, 6.07) is 16.6. The van der Waals surface area contributed by atoms with Crippen molar-refractivity contribution in [2.45, 2.75) is 58.2 Å². The van der Waals surface area contributed by atoms with E-state index in [9.17, 15) is 19.8 Å². The standard InChI is InChI=1S/C9H20O2.2C7H6O2/c1-4-6-9(11,7-5-2)8(3)10;2*8-7(9)6-4-2-1-3-5-6/h8,10-11H,4-7H2,1-3H3;2*1-5H,(H,8,9). The van der Waals surface area contributed by atoms with Crippen molar-refractivity contribution in [3.63, 3.8) is 0 Å². The zero-order valence-electron chi connectivity index (χ0n) is 17.3. The second kappa shape index (κ2) is 14.3. The number of hydrogen-bond donors (Lipinski definition) is 4. The molecule has 6 nitrogen and oxygen atoms in total. The van der Waals surface area contributed by atoms with Gasteiger partial charge in [-0.2, -0.15) is 0 Å². The highest BCUT2D eigenvalue weighted by Crippen LogP contribution is 2.23. The topological polar surface area (TPSA) is 115 Å². The van der Waals surface area contributed by atoms with Crippen molar-refractivity contribution in [1.29, 1.82) is 0 Å². The maximum Gasteiger partial charge on any atom is 0.335 e. The van der Waals surface area contributed by atoms with Gasteiger partial charge < -0.3 is 20.4 Å². The van der Waals surface area contributed by atoms with Crippen LogP contribution in [0, 0.1) is 0 Å². The van der Waals surface area contributed by atoms with Crippen LogP contribution in [-0.4, -0.2) is 44.1 Å². The van der Waals surface area contributed by atoms with E-state index in [4.69, 9.17) is 10.2 Å². The lowest BCUT2D eigenvalue weighted by atomic mass is 9.88. The minimum absolute atomic E-state index is 0.331. The molecule has 6 heteroatoms. The van der Waals surface area contributed by atoms with Gasteiger partial charge in [0.05, 0.1) is 22.8 Å². The quantitative estimate of drug-likeness (QED) is 0.541. The molecule has 0 spiro atoms. The molecule has 0 bridgehead atoms. The first-order chi connectivity index (χ1) is 13.7. The average molecular weight is 405 g/mol. The fourth-order valence-corrected chi connectivity index (χ4v) is 2.57. The lowest BCUT2D eigenvalue weighted by Gasteiger charge is -2.30. The number of carboxylic acids is 2. The van der Waals surface area contributed by atoms with Crippen molar-refractivity contribution in [3.8, 4) is 0 Å². The average Bonchev–Trinajstić information content (AvgIpc) is 2.70. The Balaban J connectivity index is 0.000000408. The van der Waals surface area contributed by atoms with Crippen LogP contribution in [0.3, 0.4) is 0 Å². The summed E-state index contributed by atoms with van der Waals surface area (Å²) in [4.78, 5) is 20.4. The third kappa shape index (κ3) is 11.0. The minimum Gasteiger partial charge on any atom is -0.478 e. The fraction of sp³-hybridized carbons (Fsp3) is 0.391. The molecule has 0 saturated carbocycles. The number of aromatic carboxylic acids is 2. The van der Waals surface area contributed by atoms with Crippen molar-refractivity contribution >= 4 is 11.9 Å². The molecule has 2 rings (SSSR count). The number of hydrogen-bond acceptors (Lipinski definition) is 4. The van der Waals surface area contributed by atoms with E-state index < -0.39 is 23.6 Å². The van der Waals surface area contributed by atoms with E-state index in [1.807, 2.05) is 13.8 Å². The van der Waals surface area contributed by atoms with Gasteiger partial charge in [0.1, 0.15) is 0 Å². The largest absolute Gasteiger partial charge is 0.478 e. The van der Waals surface area contributed by atoms with Gasteiger partial charge in [0.15, 0.2) is 0 Å². The molecule has 0 fully saturated rings. The molecular weight excluding hydrogens is 372 g/mol. The minimum atomic E-state index is -0.879. The van der Waals surface area contributed by atoms with Gasteiger partial charge in [0.25, 0.3) is 0 Å². The summed E-state index contributed by atoms with van der Waals surface area (Å²) in [5, 5.41) is 35.9. The van der Waals surface area contributed by atoms with Crippen LogP contribution in [0.4, 0.5) is 0 Å². The Morgan fingerprint density at radius 2 is 1.10 bits per heavy atom. The number of rotatable bonds is 7. The third-order valence-electron chi connectivity index (χ3n) is 4.18. The molecule has 0 radical (unpaired) electrons. The molecule has 0 aromatic heterocycles. The first-order valence-corrected chi connectivity index (χ1v) is 9.65.